The number of amides is 1. The predicted molar refractivity (Wildman–Crippen MR) is 95.9 cm³/mol. The Kier molecular flexibility index (Phi) is 5.54. The standard InChI is InChI=1S/C18H23N3O5/c1-11(2)26-14-7-6-12(8-15(14)25-5)16(22)20-13-9-19-21(10-13)18(3,4)17(23)24/h6-11H,1-5H3,(H,20,22)(H,23,24). The molecule has 0 aliphatic carbocycles. The molecule has 0 saturated carbocycles. The van der Waals surface area contributed by atoms with Crippen LogP contribution < -0.4 is 14.8 Å². The molecule has 1 heterocycles. The van der Waals surface area contributed by atoms with E-state index in [9.17, 15) is 14.7 Å². The van der Waals surface area contributed by atoms with Crippen LogP contribution >= 0.6 is 0 Å². The number of carbonyl (C=O) groups is 2. The third-order valence-corrected chi connectivity index (χ3v) is 3.73. The Morgan fingerprint density at radius 2 is 1.96 bits per heavy atom. The van der Waals surface area contributed by atoms with Crippen molar-refractivity contribution in [1.29, 1.82) is 0 Å². The Morgan fingerprint density at radius 3 is 2.54 bits per heavy atom. The highest BCUT2D eigenvalue weighted by Crippen LogP contribution is 2.29. The van der Waals surface area contributed by atoms with Crippen LogP contribution in [0, 0.1) is 0 Å². The van der Waals surface area contributed by atoms with E-state index in [1.165, 1.54) is 38.0 Å². The van der Waals surface area contributed by atoms with Crippen LogP contribution in [0.1, 0.15) is 38.1 Å². The second-order valence-electron chi connectivity index (χ2n) is 6.52. The lowest BCUT2D eigenvalue weighted by Crippen LogP contribution is -2.35. The van der Waals surface area contributed by atoms with Crippen LogP contribution in [0.15, 0.2) is 30.6 Å². The van der Waals surface area contributed by atoms with E-state index in [1.54, 1.807) is 18.2 Å². The fourth-order valence-corrected chi connectivity index (χ4v) is 2.15. The minimum atomic E-state index is -1.22. The van der Waals surface area contributed by atoms with Crippen LogP contribution in [0.25, 0.3) is 0 Å². The highest BCUT2D eigenvalue weighted by Gasteiger charge is 2.30. The van der Waals surface area contributed by atoms with Crippen LogP contribution in [0.3, 0.4) is 0 Å². The molecule has 1 aromatic heterocycles. The maximum atomic E-state index is 12.4. The SMILES string of the molecule is COc1cc(C(=O)Nc2cnn(C(C)(C)C(=O)O)c2)ccc1OC(C)C. The average Bonchev–Trinajstić information content (AvgIpc) is 3.03. The number of rotatable bonds is 7. The lowest BCUT2D eigenvalue weighted by atomic mass is 10.1. The zero-order chi connectivity index (χ0) is 19.5. The van der Waals surface area contributed by atoms with Gasteiger partial charge in [0.15, 0.2) is 17.0 Å². The van der Waals surface area contributed by atoms with Gasteiger partial charge in [-0.2, -0.15) is 5.10 Å². The largest absolute Gasteiger partial charge is 0.493 e. The van der Waals surface area contributed by atoms with E-state index < -0.39 is 11.5 Å². The number of carbonyl (C=O) groups excluding carboxylic acids is 1. The number of hydrogen-bond donors (Lipinski definition) is 2. The van der Waals surface area contributed by atoms with Crippen molar-refractivity contribution < 1.29 is 24.2 Å². The molecule has 0 atom stereocenters. The van der Waals surface area contributed by atoms with E-state index in [0.29, 0.717) is 22.7 Å². The van der Waals surface area contributed by atoms with Crippen LogP contribution in [-0.4, -0.2) is 40.0 Å². The Bertz CT molecular complexity index is 811. The number of nitrogens with zero attached hydrogens (tertiary/aromatic N) is 2. The molecule has 1 amide bonds. The minimum absolute atomic E-state index is 0.0213. The number of nitrogens with one attached hydrogen (secondary N) is 1. The maximum Gasteiger partial charge on any atom is 0.331 e. The van der Waals surface area contributed by atoms with Crippen LogP contribution in [-0.2, 0) is 10.3 Å². The molecule has 0 aliphatic heterocycles. The summed E-state index contributed by atoms with van der Waals surface area (Å²) < 4.78 is 12.2. The summed E-state index contributed by atoms with van der Waals surface area (Å²) >= 11 is 0. The molecule has 0 spiro atoms. The number of ether oxygens (including phenoxy) is 2. The number of benzene rings is 1. The van der Waals surface area contributed by atoms with Crippen LogP contribution in [0.2, 0.25) is 0 Å². The third-order valence-electron chi connectivity index (χ3n) is 3.73. The average molecular weight is 361 g/mol. The summed E-state index contributed by atoms with van der Waals surface area (Å²) in [4.78, 5) is 23.7. The van der Waals surface area contributed by atoms with Gasteiger partial charge in [-0.25, -0.2) is 4.79 Å². The molecule has 2 rings (SSSR count). The molecule has 0 saturated heterocycles. The summed E-state index contributed by atoms with van der Waals surface area (Å²) in [5, 5.41) is 15.9. The summed E-state index contributed by atoms with van der Waals surface area (Å²) in [7, 11) is 1.50. The van der Waals surface area contributed by atoms with Crippen molar-refractivity contribution in [2.24, 2.45) is 0 Å². The monoisotopic (exact) mass is 361 g/mol. The molecule has 0 aliphatic rings. The first-order valence-corrected chi connectivity index (χ1v) is 8.09. The first kappa shape index (κ1) is 19.3. The molecule has 0 bridgehead atoms. The third kappa shape index (κ3) is 4.14. The molecular formula is C18H23N3O5. The van der Waals surface area contributed by atoms with Gasteiger partial charge in [0.2, 0.25) is 0 Å². The quantitative estimate of drug-likeness (QED) is 0.786. The molecule has 1 aromatic carbocycles. The van der Waals surface area contributed by atoms with E-state index in [1.807, 2.05) is 13.8 Å². The van der Waals surface area contributed by atoms with Crippen molar-refractivity contribution in [3.8, 4) is 11.5 Å². The van der Waals surface area contributed by atoms with Gasteiger partial charge in [-0.3, -0.25) is 9.48 Å². The van der Waals surface area contributed by atoms with Gasteiger partial charge in [0.25, 0.3) is 5.91 Å². The van der Waals surface area contributed by atoms with Gasteiger partial charge in [-0.15, -0.1) is 0 Å². The Labute approximate surface area is 151 Å². The number of aromatic nitrogens is 2. The topological polar surface area (TPSA) is 103 Å². The molecule has 2 aromatic rings. The van der Waals surface area contributed by atoms with Gasteiger partial charge in [0, 0.05) is 11.8 Å². The number of methoxy groups -OCH3 is 1. The first-order chi connectivity index (χ1) is 12.1. The molecule has 0 radical (unpaired) electrons. The van der Waals surface area contributed by atoms with Gasteiger partial charge in [0.1, 0.15) is 0 Å². The highest BCUT2D eigenvalue weighted by atomic mass is 16.5. The zero-order valence-electron chi connectivity index (χ0n) is 15.4. The Balaban J connectivity index is 2.18. The molecule has 140 valence electrons. The van der Waals surface area contributed by atoms with Gasteiger partial charge < -0.3 is 19.9 Å². The van der Waals surface area contributed by atoms with Crippen molar-refractivity contribution in [2.75, 3.05) is 12.4 Å². The van der Waals surface area contributed by atoms with Gasteiger partial charge >= 0.3 is 5.97 Å². The van der Waals surface area contributed by atoms with Gasteiger partial charge in [0.05, 0.1) is 25.1 Å². The fraction of sp³-hybridized carbons (Fsp3) is 0.389. The smallest absolute Gasteiger partial charge is 0.331 e. The summed E-state index contributed by atoms with van der Waals surface area (Å²) in [6.45, 7) is 6.84. The van der Waals surface area contributed by atoms with E-state index in [2.05, 4.69) is 10.4 Å². The molecular weight excluding hydrogens is 338 g/mol. The zero-order valence-corrected chi connectivity index (χ0v) is 15.4. The summed E-state index contributed by atoms with van der Waals surface area (Å²) in [6.07, 6.45) is 2.85. The number of hydrogen-bond acceptors (Lipinski definition) is 5. The van der Waals surface area contributed by atoms with E-state index >= 15 is 0 Å². The summed E-state index contributed by atoms with van der Waals surface area (Å²) in [5.74, 6) is -0.389. The van der Waals surface area contributed by atoms with Crippen LogP contribution in [0.4, 0.5) is 5.69 Å². The maximum absolute atomic E-state index is 12.4. The van der Waals surface area contributed by atoms with Gasteiger partial charge in [-0.1, -0.05) is 0 Å². The molecule has 2 N–H and O–H groups in total. The number of aliphatic carboxylic acids is 1. The van der Waals surface area contributed by atoms with Crippen molar-refractivity contribution in [3.63, 3.8) is 0 Å². The molecule has 0 unspecified atom stereocenters. The van der Waals surface area contributed by atoms with Crippen molar-refractivity contribution in [2.45, 2.75) is 39.3 Å². The molecule has 8 heteroatoms. The fourth-order valence-electron chi connectivity index (χ4n) is 2.15. The number of anilines is 1. The number of carboxylic acids is 1. The van der Waals surface area contributed by atoms with E-state index in [0.717, 1.165) is 0 Å². The van der Waals surface area contributed by atoms with Crippen molar-refractivity contribution in [1.82, 2.24) is 9.78 Å². The van der Waals surface area contributed by atoms with E-state index in [-0.39, 0.29) is 12.0 Å². The van der Waals surface area contributed by atoms with Crippen molar-refractivity contribution in [3.05, 3.63) is 36.2 Å². The Morgan fingerprint density at radius 1 is 1.27 bits per heavy atom. The van der Waals surface area contributed by atoms with Crippen LogP contribution in [0.5, 0.6) is 11.5 Å². The lowest BCUT2D eigenvalue weighted by molar-refractivity contribution is -0.146. The summed E-state index contributed by atoms with van der Waals surface area (Å²) in [6, 6.07) is 4.88. The molecule has 0 fully saturated rings. The number of carboxylic acid groups (broad SMARTS) is 1. The minimum Gasteiger partial charge on any atom is -0.493 e. The molecule has 8 nitrogen and oxygen atoms in total. The lowest BCUT2D eigenvalue weighted by Gasteiger charge is -2.19. The predicted octanol–water partition coefficient (Wildman–Crippen LogP) is 2.75. The highest BCUT2D eigenvalue weighted by molar-refractivity contribution is 6.04. The molecule has 26 heavy (non-hydrogen) atoms. The van der Waals surface area contributed by atoms with E-state index in [4.69, 9.17) is 9.47 Å². The van der Waals surface area contributed by atoms with Gasteiger partial charge in [-0.05, 0) is 45.9 Å². The second-order valence-corrected chi connectivity index (χ2v) is 6.52. The first-order valence-electron chi connectivity index (χ1n) is 8.09. The second kappa shape index (κ2) is 7.47. The summed E-state index contributed by atoms with van der Waals surface area (Å²) in [5.41, 5.74) is -0.448. The van der Waals surface area contributed by atoms with Crippen molar-refractivity contribution >= 4 is 17.6 Å². The Hall–Kier alpha value is -3.03. The normalized spacial score (nSPS) is 11.3.